The number of carbonyl (C=O) groups excluding carboxylic acids is 1. The molecule has 0 aliphatic carbocycles. The first-order valence-electron chi connectivity index (χ1n) is 9.84. The number of aromatic nitrogens is 4. The number of hydrogen-bond donors (Lipinski definition) is 0. The molecule has 0 bridgehead atoms. The average Bonchev–Trinajstić information content (AvgIpc) is 3.16. The maximum atomic E-state index is 12.7. The molecule has 1 aliphatic heterocycles. The van der Waals surface area contributed by atoms with Gasteiger partial charge in [-0.3, -0.25) is 4.79 Å². The number of carbonyl (C=O) groups is 1. The minimum atomic E-state index is 0.0328. The molecular weight excluding hydrogens is 340 g/mol. The summed E-state index contributed by atoms with van der Waals surface area (Å²) in [5.41, 5.74) is 0.579. The second-order valence-electron chi connectivity index (χ2n) is 7.44. The lowest BCUT2D eigenvalue weighted by Gasteiger charge is -2.32. The lowest BCUT2D eigenvalue weighted by atomic mass is 9.95. The molecule has 0 radical (unpaired) electrons. The van der Waals surface area contributed by atoms with E-state index >= 15 is 0 Å². The lowest BCUT2D eigenvalue weighted by Crippen LogP contribution is -2.38. The minimum absolute atomic E-state index is 0.0328. The van der Waals surface area contributed by atoms with Crippen LogP contribution in [-0.4, -0.2) is 69.0 Å². The Balaban J connectivity index is 1.55. The monoisotopic (exact) mass is 370 g/mol. The Labute approximate surface area is 161 Å². The van der Waals surface area contributed by atoms with Crippen LogP contribution in [0.15, 0.2) is 24.8 Å². The van der Waals surface area contributed by atoms with Crippen molar-refractivity contribution in [2.24, 2.45) is 0 Å². The van der Waals surface area contributed by atoms with Crippen LogP contribution in [0.3, 0.4) is 0 Å². The van der Waals surface area contributed by atoms with E-state index in [1.54, 1.807) is 12.4 Å². The molecular formula is C20H30N6O. The van der Waals surface area contributed by atoms with Crippen LogP contribution in [0.25, 0.3) is 0 Å². The first kappa shape index (κ1) is 19.5. The third kappa shape index (κ3) is 4.91. The van der Waals surface area contributed by atoms with Gasteiger partial charge in [0, 0.05) is 56.8 Å². The highest BCUT2D eigenvalue weighted by atomic mass is 16.2. The van der Waals surface area contributed by atoms with Gasteiger partial charge < -0.3 is 14.4 Å². The normalized spacial score (nSPS) is 15.5. The number of hydrogen-bond acceptors (Lipinski definition) is 5. The molecule has 1 saturated heterocycles. The van der Waals surface area contributed by atoms with Crippen LogP contribution in [-0.2, 0) is 13.0 Å². The SMILES string of the molecule is CCc1ncc(C(=O)N2CCC(c3nccn3CCCN(C)C)CC2)cn1. The molecule has 2 aromatic heterocycles. The Kier molecular flexibility index (Phi) is 6.55. The van der Waals surface area contributed by atoms with E-state index in [-0.39, 0.29) is 5.91 Å². The fourth-order valence-electron chi connectivity index (χ4n) is 3.60. The molecule has 0 saturated carbocycles. The Morgan fingerprint density at radius 2 is 1.89 bits per heavy atom. The van der Waals surface area contributed by atoms with Gasteiger partial charge in [-0.1, -0.05) is 6.92 Å². The molecule has 1 aliphatic rings. The number of imidazole rings is 1. The van der Waals surface area contributed by atoms with Gasteiger partial charge in [-0.05, 0) is 39.9 Å². The van der Waals surface area contributed by atoms with Crippen molar-refractivity contribution in [1.82, 2.24) is 29.3 Å². The minimum Gasteiger partial charge on any atom is -0.339 e. The Bertz CT molecular complexity index is 731. The van der Waals surface area contributed by atoms with E-state index in [4.69, 9.17) is 0 Å². The molecule has 0 atom stereocenters. The molecule has 0 spiro atoms. The van der Waals surface area contributed by atoms with Gasteiger partial charge in [0.1, 0.15) is 11.6 Å². The standard InChI is InChI=1S/C20H30N6O/c1-4-18-22-14-17(15-23-18)20(27)26-11-6-16(7-12-26)19-21-8-13-25(19)10-5-9-24(2)3/h8,13-16H,4-7,9-12H2,1-3H3. The summed E-state index contributed by atoms with van der Waals surface area (Å²) in [4.78, 5) is 29.9. The van der Waals surface area contributed by atoms with Gasteiger partial charge in [-0.2, -0.15) is 0 Å². The maximum Gasteiger partial charge on any atom is 0.256 e. The maximum absolute atomic E-state index is 12.7. The van der Waals surface area contributed by atoms with Crippen molar-refractivity contribution in [2.45, 2.75) is 45.1 Å². The van der Waals surface area contributed by atoms with Crippen LogP contribution in [0.1, 0.15) is 54.1 Å². The highest BCUT2D eigenvalue weighted by molar-refractivity contribution is 5.93. The van der Waals surface area contributed by atoms with Crippen LogP contribution >= 0.6 is 0 Å². The van der Waals surface area contributed by atoms with Crippen molar-refractivity contribution in [3.05, 3.63) is 42.0 Å². The molecule has 146 valence electrons. The van der Waals surface area contributed by atoms with Gasteiger partial charge in [0.15, 0.2) is 0 Å². The summed E-state index contributed by atoms with van der Waals surface area (Å²) < 4.78 is 2.28. The molecule has 3 heterocycles. The van der Waals surface area contributed by atoms with Crippen molar-refractivity contribution < 1.29 is 4.79 Å². The Hall–Kier alpha value is -2.28. The predicted molar refractivity (Wildman–Crippen MR) is 105 cm³/mol. The number of aryl methyl sites for hydroxylation is 2. The first-order chi connectivity index (χ1) is 13.1. The molecule has 1 amide bonds. The molecule has 0 unspecified atom stereocenters. The Morgan fingerprint density at radius 3 is 2.52 bits per heavy atom. The molecule has 7 heteroatoms. The summed E-state index contributed by atoms with van der Waals surface area (Å²) in [7, 11) is 4.20. The summed E-state index contributed by atoms with van der Waals surface area (Å²) in [5.74, 6) is 2.38. The fraction of sp³-hybridized carbons (Fsp3) is 0.600. The van der Waals surface area contributed by atoms with Crippen molar-refractivity contribution in [2.75, 3.05) is 33.7 Å². The third-order valence-electron chi connectivity index (χ3n) is 5.17. The van der Waals surface area contributed by atoms with Gasteiger partial charge in [-0.15, -0.1) is 0 Å². The summed E-state index contributed by atoms with van der Waals surface area (Å²) in [6.45, 7) is 5.58. The van der Waals surface area contributed by atoms with E-state index in [1.165, 1.54) is 0 Å². The van der Waals surface area contributed by atoms with Gasteiger partial charge >= 0.3 is 0 Å². The number of nitrogens with zero attached hydrogens (tertiary/aromatic N) is 6. The zero-order chi connectivity index (χ0) is 19.2. The van der Waals surface area contributed by atoms with Crippen LogP contribution in [0.5, 0.6) is 0 Å². The third-order valence-corrected chi connectivity index (χ3v) is 5.17. The number of likely N-dealkylation sites (tertiary alicyclic amines) is 1. The van der Waals surface area contributed by atoms with Gasteiger partial charge in [0.25, 0.3) is 5.91 Å². The first-order valence-corrected chi connectivity index (χ1v) is 9.84. The van der Waals surface area contributed by atoms with Crippen LogP contribution < -0.4 is 0 Å². The average molecular weight is 371 g/mol. The largest absolute Gasteiger partial charge is 0.339 e. The van der Waals surface area contributed by atoms with Crippen molar-refractivity contribution in [1.29, 1.82) is 0 Å². The quantitative estimate of drug-likeness (QED) is 0.747. The topological polar surface area (TPSA) is 67.2 Å². The zero-order valence-corrected chi connectivity index (χ0v) is 16.6. The molecule has 2 aromatic rings. The highest BCUT2D eigenvalue weighted by Crippen LogP contribution is 2.27. The summed E-state index contributed by atoms with van der Waals surface area (Å²) >= 11 is 0. The molecule has 0 aromatic carbocycles. The number of piperidine rings is 1. The van der Waals surface area contributed by atoms with E-state index in [0.29, 0.717) is 11.5 Å². The summed E-state index contributed by atoms with van der Waals surface area (Å²) in [6.07, 6.45) is 11.1. The van der Waals surface area contributed by atoms with Gasteiger partial charge in [0.05, 0.1) is 5.56 Å². The second kappa shape index (κ2) is 9.08. The predicted octanol–water partition coefficient (Wildman–Crippen LogP) is 2.21. The lowest BCUT2D eigenvalue weighted by molar-refractivity contribution is 0.0709. The second-order valence-corrected chi connectivity index (χ2v) is 7.44. The van der Waals surface area contributed by atoms with Gasteiger partial charge in [0.2, 0.25) is 0 Å². The summed E-state index contributed by atoms with van der Waals surface area (Å²) in [5, 5.41) is 0. The Morgan fingerprint density at radius 1 is 1.19 bits per heavy atom. The van der Waals surface area contributed by atoms with Crippen molar-refractivity contribution >= 4 is 5.91 Å². The van der Waals surface area contributed by atoms with E-state index in [2.05, 4.69) is 44.7 Å². The fourth-order valence-corrected chi connectivity index (χ4v) is 3.60. The molecule has 7 nitrogen and oxygen atoms in total. The van der Waals surface area contributed by atoms with Crippen LogP contribution in [0, 0.1) is 0 Å². The summed E-state index contributed by atoms with van der Waals surface area (Å²) in [6, 6.07) is 0. The van der Waals surface area contributed by atoms with E-state index in [0.717, 1.165) is 63.5 Å². The number of rotatable bonds is 7. The highest BCUT2D eigenvalue weighted by Gasteiger charge is 2.27. The molecule has 3 rings (SSSR count). The number of amides is 1. The zero-order valence-electron chi connectivity index (χ0n) is 16.6. The van der Waals surface area contributed by atoms with Crippen LogP contribution in [0.4, 0.5) is 0 Å². The van der Waals surface area contributed by atoms with Crippen molar-refractivity contribution in [3.63, 3.8) is 0 Å². The van der Waals surface area contributed by atoms with E-state index in [1.807, 2.05) is 18.0 Å². The molecule has 1 fully saturated rings. The van der Waals surface area contributed by atoms with Gasteiger partial charge in [-0.25, -0.2) is 15.0 Å². The van der Waals surface area contributed by atoms with E-state index < -0.39 is 0 Å². The smallest absolute Gasteiger partial charge is 0.256 e. The van der Waals surface area contributed by atoms with Crippen LogP contribution in [0.2, 0.25) is 0 Å². The molecule has 27 heavy (non-hydrogen) atoms. The van der Waals surface area contributed by atoms with Crippen molar-refractivity contribution in [3.8, 4) is 0 Å². The molecule has 0 N–H and O–H groups in total. The van der Waals surface area contributed by atoms with E-state index in [9.17, 15) is 4.79 Å².